The van der Waals surface area contributed by atoms with Crippen molar-refractivity contribution >= 4 is 56.5 Å². The third-order valence-corrected chi connectivity index (χ3v) is 6.98. The molecule has 4 rings (SSSR count). The molecule has 1 N–H and O–H groups in total. The highest BCUT2D eigenvalue weighted by Gasteiger charge is 2.36. The highest BCUT2D eigenvalue weighted by Crippen LogP contribution is 2.34. The van der Waals surface area contributed by atoms with Crippen molar-refractivity contribution in [3.8, 4) is 5.75 Å². The first-order chi connectivity index (χ1) is 16.8. The van der Waals surface area contributed by atoms with Gasteiger partial charge in [0.15, 0.2) is 0 Å². The van der Waals surface area contributed by atoms with E-state index < -0.39 is 17.1 Å². The van der Waals surface area contributed by atoms with Gasteiger partial charge < -0.3 is 10.1 Å². The zero-order chi connectivity index (χ0) is 24.9. The molecule has 0 unspecified atom stereocenters. The van der Waals surface area contributed by atoms with Gasteiger partial charge in [0.2, 0.25) is 5.91 Å². The number of hydrogen-bond donors (Lipinski definition) is 1. The van der Waals surface area contributed by atoms with Gasteiger partial charge in [-0.1, -0.05) is 42.5 Å². The third-order valence-electron chi connectivity index (χ3n) is 5.46. The maximum atomic E-state index is 12.8. The lowest BCUT2D eigenvalue weighted by Crippen LogP contribution is -2.36. The van der Waals surface area contributed by atoms with Crippen LogP contribution in [0.25, 0.3) is 6.08 Å². The number of imide groups is 1. The molecule has 1 aliphatic heterocycles. The molecule has 35 heavy (non-hydrogen) atoms. The Morgan fingerprint density at radius 2 is 1.80 bits per heavy atom. The van der Waals surface area contributed by atoms with E-state index in [9.17, 15) is 14.4 Å². The van der Waals surface area contributed by atoms with E-state index in [0.29, 0.717) is 18.0 Å². The molecule has 0 aromatic heterocycles. The van der Waals surface area contributed by atoms with Crippen LogP contribution in [0.5, 0.6) is 5.75 Å². The summed E-state index contributed by atoms with van der Waals surface area (Å²) < 4.78 is 6.59. The molecule has 0 saturated carbocycles. The van der Waals surface area contributed by atoms with Crippen molar-refractivity contribution in [1.82, 2.24) is 4.90 Å². The summed E-state index contributed by atoms with van der Waals surface area (Å²) in [6.07, 6.45) is 1.64. The molecule has 3 amide bonds. The van der Waals surface area contributed by atoms with Crippen molar-refractivity contribution < 1.29 is 19.1 Å². The molecule has 178 valence electrons. The van der Waals surface area contributed by atoms with Gasteiger partial charge in [-0.15, -0.1) is 0 Å². The van der Waals surface area contributed by atoms with Crippen LogP contribution in [0, 0.1) is 13.8 Å². The number of aryl methyl sites for hydroxylation is 2. The molecule has 3 aromatic rings. The number of benzene rings is 3. The number of hydrogen-bond acceptors (Lipinski definition) is 5. The van der Waals surface area contributed by atoms with E-state index in [-0.39, 0.29) is 11.4 Å². The molecule has 0 spiro atoms. The average Bonchev–Trinajstić information content (AvgIpc) is 3.09. The largest absolute Gasteiger partial charge is 0.488 e. The number of carbonyl (C=O) groups excluding carboxylic acids is 3. The van der Waals surface area contributed by atoms with Crippen LogP contribution in [-0.4, -0.2) is 28.5 Å². The fraction of sp³-hybridized carbons (Fsp3) is 0.148. The summed E-state index contributed by atoms with van der Waals surface area (Å²) >= 11 is 4.33. The van der Waals surface area contributed by atoms with Crippen LogP contribution >= 0.6 is 27.7 Å². The summed E-state index contributed by atoms with van der Waals surface area (Å²) in [7, 11) is 0. The number of amides is 3. The van der Waals surface area contributed by atoms with E-state index >= 15 is 0 Å². The molecule has 3 aromatic carbocycles. The van der Waals surface area contributed by atoms with E-state index in [4.69, 9.17) is 4.74 Å². The van der Waals surface area contributed by atoms with E-state index in [1.165, 1.54) is 0 Å². The van der Waals surface area contributed by atoms with Crippen molar-refractivity contribution in [2.24, 2.45) is 0 Å². The molecule has 1 heterocycles. The summed E-state index contributed by atoms with van der Waals surface area (Å²) in [5, 5.41) is 2.27. The van der Waals surface area contributed by atoms with Crippen molar-refractivity contribution in [2.75, 3.05) is 11.9 Å². The fourth-order valence-electron chi connectivity index (χ4n) is 3.41. The summed E-state index contributed by atoms with van der Waals surface area (Å²) in [6.45, 7) is 4.02. The molecule has 1 saturated heterocycles. The summed E-state index contributed by atoms with van der Waals surface area (Å²) in [5.41, 5.74) is 4.56. The first-order valence-electron chi connectivity index (χ1n) is 10.9. The lowest BCUT2D eigenvalue weighted by Gasteiger charge is -2.13. The summed E-state index contributed by atoms with van der Waals surface area (Å²) in [5.74, 6) is -0.252. The number of halogens is 1. The summed E-state index contributed by atoms with van der Waals surface area (Å²) in [4.78, 5) is 38.9. The lowest BCUT2D eigenvalue weighted by molar-refractivity contribution is -0.127. The quantitative estimate of drug-likeness (QED) is 0.348. The van der Waals surface area contributed by atoms with Crippen molar-refractivity contribution in [1.29, 1.82) is 0 Å². The maximum Gasteiger partial charge on any atom is 0.294 e. The highest BCUT2D eigenvalue weighted by atomic mass is 79.9. The van der Waals surface area contributed by atoms with Crippen molar-refractivity contribution in [3.05, 3.63) is 98.4 Å². The lowest BCUT2D eigenvalue weighted by atomic mass is 10.1. The van der Waals surface area contributed by atoms with Gasteiger partial charge in [0.25, 0.3) is 11.1 Å². The van der Waals surface area contributed by atoms with E-state index in [1.54, 1.807) is 18.2 Å². The Labute approximate surface area is 216 Å². The van der Waals surface area contributed by atoms with Gasteiger partial charge in [0, 0.05) is 5.69 Å². The van der Waals surface area contributed by atoms with Gasteiger partial charge >= 0.3 is 0 Å². The highest BCUT2D eigenvalue weighted by molar-refractivity contribution is 9.10. The second-order valence-electron chi connectivity index (χ2n) is 8.08. The first kappa shape index (κ1) is 24.8. The zero-order valence-electron chi connectivity index (χ0n) is 19.2. The Bertz CT molecular complexity index is 1320. The van der Waals surface area contributed by atoms with E-state index in [2.05, 4.69) is 21.2 Å². The van der Waals surface area contributed by atoms with Crippen LogP contribution in [-0.2, 0) is 16.2 Å². The smallest absolute Gasteiger partial charge is 0.294 e. The zero-order valence-corrected chi connectivity index (χ0v) is 21.6. The molecule has 0 bridgehead atoms. The van der Waals surface area contributed by atoms with Crippen LogP contribution in [0.3, 0.4) is 0 Å². The molecule has 1 fully saturated rings. The Hall–Kier alpha value is -3.36. The van der Waals surface area contributed by atoms with Crippen LogP contribution in [0.1, 0.15) is 22.3 Å². The van der Waals surface area contributed by atoms with Crippen LogP contribution in [0.15, 0.2) is 76.1 Å². The second-order valence-corrected chi connectivity index (χ2v) is 9.93. The first-order valence-corrected chi connectivity index (χ1v) is 12.5. The molecule has 1 aliphatic rings. The van der Waals surface area contributed by atoms with Gasteiger partial charge in [-0.25, -0.2) is 0 Å². The number of anilines is 1. The minimum atomic E-state index is -0.490. The molecule has 6 nitrogen and oxygen atoms in total. The van der Waals surface area contributed by atoms with Crippen LogP contribution in [0.4, 0.5) is 10.5 Å². The standard InChI is InChI=1S/C27H23BrN2O4S/c1-17-8-10-21(12-18(17)2)29-25(31)15-30-26(32)24(35-27(30)33)14-20-9-11-23(22(28)13-20)34-16-19-6-4-3-5-7-19/h3-14H,15-16H2,1-2H3,(H,29,31)/b24-14+. The Morgan fingerprint density at radius 3 is 2.51 bits per heavy atom. The van der Waals surface area contributed by atoms with Gasteiger partial charge in [0.05, 0.1) is 9.38 Å². The average molecular weight is 551 g/mol. The number of ether oxygens (including phenoxy) is 1. The molecule has 0 atom stereocenters. The molecule has 0 aliphatic carbocycles. The van der Waals surface area contributed by atoms with Gasteiger partial charge in [-0.3, -0.25) is 19.3 Å². The number of carbonyl (C=O) groups is 3. The van der Waals surface area contributed by atoms with Crippen molar-refractivity contribution in [3.63, 3.8) is 0 Å². The number of nitrogens with zero attached hydrogens (tertiary/aromatic N) is 1. The second kappa shape index (κ2) is 10.9. The monoisotopic (exact) mass is 550 g/mol. The normalized spacial score (nSPS) is 14.5. The van der Waals surface area contributed by atoms with E-state index in [0.717, 1.165) is 43.4 Å². The molecule has 8 heteroatoms. The number of nitrogens with one attached hydrogen (secondary N) is 1. The Morgan fingerprint density at radius 1 is 1.03 bits per heavy atom. The number of thioether (sulfide) groups is 1. The summed E-state index contributed by atoms with van der Waals surface area (Å²) in [6, 6.07) is 20.8. The minimum Gasteiger partial charge on any atom is -0.488 e. The van der Waals surface area contributed by atoms with Gasteiger partial charge in [0.1, 0.15) is 18.9 Å². The molecular formula is C27H23BrN2O4S. The van der Waals surface area contributed by atoms with E-state index in [1.807, 2.05) is 68.4 Å². The topological polar surface area (TPSA) is 75.7 Å². The van der Waals surface area contributed by atoms with Crippen molar-refractivity contribution in [2.45, 2.75) is 20.5 Å². The maximum absolute atomic E-state index is 12.8. The predicted molar refractivity (Wildman–Crippen MR) is 142 cm³/mol. The predicted octanol–water partition coefficient (Wildman–Crippen LogP) is 6.32. The minimum absolute atomic E-state index is 0.263. The van der Waals surface area contributed by atoms with Crippen LogP contribution < -0.4 is 10.1 Å². The van der Waals surface area contributed by atoms with Gasteiger partial charge in [-0.05, 0) is 94.1 Å². The molecule has 0 radical (unpaired) electrons. The fourth-order valence-corrected chi connectivity index (χ4v) is 4.76. The molecular weight excluding hydrogens is 528 g/mol. The Kier molecular flexibility index (Phi) is 7.73. The van der Waals surface area contributed by atoms with Crippen LogP contribution in [0.2, 0.25) is 0 Å². The number of rotatable bonds is 7. The SMILES string of the molecule is Cc1ccc(NC(=O)CN2C(=O)S/C(=C/c3ccc(OCc4ccccc4)c(Br)c3)C2=O)cc1C. The third kappa shape index (κ3) is 6.21. The van der Waals surface area contributed by atoms with Gasteiger partial charge in [-0.2, -0.15) is 0 Å². The Balaban J connectivity index is 1.40.